The molecule has 1 aliphatic rings. The largest absolute Gasteiger partial charge is 0.492 e. The van der Waals surface area contributed by atoms with Gasteiger partial charge in [0.25, 0.3) is 0 Å². The van der Waals surface area contributed by atoms with Gasteiger partial charge in [0, 0.05) is 17.3 Å². The second-order valence-corrected chi connectivity index (χ2v) is 5.59. The number of rotatable bonds is 3. The van der Waals surface area contributed by atoms with Crippen LogP contribution in [0, 0.1) is 12.3 Å². The van der Waals surface area contributed by atoms with E-state index >= 15 is 0 Å². The Morgan fingerprint density at radius 1 is 1.67 bits per heavy atom. The normalized spacial score (nSPS) is 27.2. The first kappa shape index (κ1) is 15.4. The van der Waals surface area contributed by atoms with E-state index < -0.39 is 0 Å². The summed E-state index contributed by atoms with van der Waals surface area (Å²) in [5.74, 6) is 3.45. The third kappa shape index (κ3) is 4.92. The van der Waals surface area contributed by atoms with Crippen LogP contribution in [0.3, 0.4) is 0 Å². The zero-order chi connectivity index (χ0) is 13.4. The van der Waals surface area contributed by atoms with Gasteiger partial charge in [-0.3, -0.25) is 0 Å². The van der Waals surface area contributed by atoms with Crippen LogP contribution >= 0.6 is 27.5 Å². The van der Waals surface area contributed by atoms with Crippen molar-refractivity contribution < 1.29 is 4.74 Å². The lowest BCUT2D eigenvalue weighted by molar-refractivity contribution is 0.108. The maximum atomic E-state index is 6.35. The number of alkyl halides is 1. The lowest BCUT2D eigenvalue weighted by atomic mass is 10.1. The Morgan fingerprint density at radius 3 is 3.11 bits per heavy atom. The van der Waals surface area contributed by atoms with Crippen molar-refractivity contribution in [3.8, 4) is 12.3 Å². The summed E-state index contributed by atoms with van der Waals surface area (Å²) in [7, 11) is 0. The van der Waals surface area contributed by atoms with Crippen molar-refractivity contribution in [1.29, 1.82) is 0 Å². The molecule has 2 atom stereocenters. The van der Waals surface area contributed by atoms with Gasteiger partial charge < -0.3 is 4.74 Å². The van der Waals surface area contributed by atoms with Crippen LogP contribution in [0.15, 0.2) is 34.5 Å². The van der Waals surface area contributed by atoms with Crippen LogP contribution in [0.4, 0.5) is 0 Å². The van der Waals surface area contributed by atoms with Gasteiger partial charge in [-0.05, 0) is 18.9 Å². The van der Waals surface area contributed by atoms with Crippen molar-refractivity contribution in [2.45, 2.75) is 44.1 Å². The summed E-state index contributed by atoms with van der Waals surface area (Å²) >= 11 is 9.91. The fourth-order valence-electron chi connectivity index (χ4n) is 1.71. The summed E-state index contributed by atoms with van der Waals surface area (Å²) in [5.41, 5.74) is 0. The molecule has 0 bridgehead atoms. The molecule has 0 aliphatic carbocycles. The summed E-state index contributed by atoms with van der Waals surface area (Å²) in [4.78, 5) is 0. The number of halogens is 2. The molecule has 0 saturated heterocycles. The van der Waals surface area contributed by atoms with Crippen molar-refractivity contribution in [2.75, 3.05) is 0 Å². The molecule has 0 aromatic heterocycles. The van der Waals surface area contributed by atoms with E-state index in [4.69, 9.17) is 22.8 Å². The van der Waals surface area contributed by atoms with Crippen LogP contribution in [0.1, 0.15) is 32.6 Å². The monoisotopic (exact) mass is 328 g/mol. The van der Waals surface area contributed by atoms with E-state index in [1.165, 1.54) is 0 Å². The van der Waals surface area contributed by atoms with E-state index in [-0.39, 0.29) is 11.5 Å². The zero-order valence-corrected chi connectivity index (χ0v) is 12.9. The minimum Gasteiger partial charge on any atom is -0.492 e. The average molecular weight is 330 g/mol. The van der Waals surface area contributed by atoms with Crippen LogP contribution in [-0.2, 0) is 4.74 Å². The second kappa shape index (κ2) is 8.45. The maximum absolute atomic E-state index is 6.35. The van der Waals surface area contributed by atoms with E-state index in [0.29, 0.717) is 0 Å². The summed E-state index contributed by atoms with van der Waals surface area (Å²) in [5, 5.41) is -0.0314. The fraction of sp³-hybridized carbons (Fsp3) is 0.467. The topological polar surface area (TPSA) is 9.23 Å². The second-order valence-electron chi connectivity index (χ2n) is 4.07. The van der Waals surface area contributed by atoms with Crippen molar-refractivity contribution in [3.63, 3.8) is 0 Å². The van der Waals surface area contributed by atoms with Gasteiger partial charge in [-0.1, -0.05) is 47.0 Å². The molecule has 2 unspecified atom stereocenters. The van der Waals surface area contributed by atoms with E-state index in [1.54, 1.807) is 6.08 Å². The Kier molecular flexibility index (Phi) is 7.23. The quantitative estimate of drug-likeness (QED) is 0.405. The zero-order valence-electron chi connectivity index (χ0n) is 10.5. The predicted octanol–water partition coefficient (Wildman–Crippen LogP) is 4.93. The highest BCUT2D eigenvalue weighted by Gasteiger charge is 2.22. The van der Waals surface area contributed by atoms with E-state index in [9.17, 15) is 0 Å². The van der Waals surface area contributed by atoms with Crippen LogP contribution in [0.25, 0.3) is 0 Å². The van der Waals surface area contributed by atoms with Crippen molar-refractivity contribution in [1.82, 2.24) is 0 Å². The smallest absolute Gasteiger partial charge is 0.118 e. The van der Waals surface area contributed by atoms with E-state index in [0.717, 1.165) is 35.9 Å². The molecule has 1 aliphatic heterocycles. The maximum Gasteiger partial charge on any atom is 0.118 e. The Labute approximate surface area is 123 Å². The lowest BCUT2D eigenvalue weighted by Crippen LogP contribution is -2.25. The molecule has 98 valence electrons. The molecule has 1 rings (SSSR count). The minimum absolute atomic E-state index is 0.0314. The molecule has 0 radical (unpaired) electrons. The van der Waals surface area contributed by atoms with Crippen molar-refractivity contribution in [3.05, 3.63) is 34.5 Å². The van der Waals surface area contributed by atoms with E-state index in [1.807, 2.05) is 6.08 Å². The molecule has 0 saturated carbocycles. The molecule has 0 fully saturated rings. The number of ether oxygens (including phenoxy) is 1. The van der Waals surface area contributed by atoms with Gasteiger partial charge in [-0.25, -0.2) is 0 Å². The van der Waals surface area contributed by atoms with Gasteiger partial charge in [0.2, 0.25) is 0 Å². The van der Waals surface area contributed by atoms with Crippen LogP contribution in [-0.4, -0.2) is 11.5 Å². The third-order valence-electron chi connectivity index (χ3n) is 2.72. The number of terminal acetylenes is 1. The Morgan fingerprint density at radius 2 is 2.44 bits per heavy atom. The summed E-state index contributed by atoms with van der Waals surface area (Å²) in [6, 6.07) is 0. The number of allylic oxidation sites excluding steroid dienone is 4. The van der Waals surface area contributed by atoms with Crippen LogP contribution in [0.2, 0.25) is 0 Å². The summed E-state index contributed by atoms with van der Waals surface area (Å²) in [6.07, 6.45) is 16.3. The molecule has 18 heavy (non-hydrogen) atoms. The Balaban J connectivity index is 2.82. The average Bonchev–Trinajstić information content (AvgIpc) is 2.37. The highest BCUT2D eigenvalue weighted by atomic mass is 79.9. The van der Waals surface area contributed by atoms with Gasteiger partial charge in [-0.15, -0.1) is 18.0 Å². The molecular weight excluding hydrogens is 312 g/mol. The van der Waals surface area contributed by atoms with Crippen LogP contribution < -0.4 is 0 Å². The molecule has 0 aromatic carbocycles. The molecule has 3 heteroatoms. The number of hydrogen-bond donors (Lipinski definition) is 0. The first-order chi connectivity index (χ1) is 8.69. The first-order valence-electron chi connectivity index (χ1n) is 6.13. The molecular formula is C15H18BrClO. The molecule has 0 spiro atoms. The molecule has 0 N–H and O–H groups in total. The van der Waals surface area contributed by atoms with Crippen molar-refractivity contribution in [2.24, 2.45) is 0 Å². The van der Waals surface area contributed by atoms with Gasteiger partial charge in [0.05, 0.1) is 5.38 Å². The summed E-state index contributed by atoms with van der Waals surface area (Å²) < 4.78 is 7.13. The van der Waals surface area contributed by atoms with Crippen LogP contribution in [0.5, 0.6) is 0 Å². The Bertz CT molecular complexity index is 390. The molecule has 1 heterocycles. The van der Waals surface area contributed by atoms with Gasteiger partial charge in [0.1, 0.15) is 11.9 Å². The predicted molar refractivity (Wildman–Crippen MR) is 81.7 cm³/mol. The number of hydrogen-bond acceptors (Lipinski definition) is 1. The minimum atomic E-state index is -0.0321. The van der Waals surface area contributed by atoms with Gasteiger partial charge >= 0.3 is 0 Å². The fourth-order valence-corrected chi connectivity index (χ4v) is 2.22. The SMILES string of the molecule is C#CC=CCC1OC(=C(Br)CC)CC=CCC1Cl. The Hall–Kier alpha value is -0.650. The van der Waals surface area contributed by atoms with Gasteiger partial charge in [-0.2, -0.15) is 0 Å². The van der Waals surface area contributed by atoms with Crippen molar-refractivity contribution >= 4 is 27.5 Å². The molecule has 0 aromatic rings. The highest BCUT2D eigenvalue weighted by molar-refractivity contribution is 9.11. The highest BCUT2D eigenvalue weighted by Crippen LogP contribution is 2.28. The van der Waals surface area contributed by atoms with Gasteiger partial charge in [0.15, 0.2) is 0 Å². The molecule has 1 nitrogen and oxygen atoms in total. The first-order valence-corrected chi connectivity index (χ1v) is 7.36. The van der Waals surface area contributed by atoms with E-state index in [2.05, 4.69) is 40.9 Å². The summed E-state index contributed by atoms with van der Waals surface area (Å²) in [6.45, 7) is 2.09. The standard InChI is InChI=1S/C15H18BrClO/c1-3-5-6-11-15-13(17)9-7-8-10-14(18-15)12(16)4-2/h1,5-8,13,15H,4,9-11H2,2H3. The molecule has 0 amide bonds. The lowest BCUT2D eigenvalue weighted by Gasteiger charge is -2.25. The third-order valence-corrected chi connectivity index (χ3v) is 4.19.